The van der Waals surface area contributed by atoms with Gasteiger partial charge in [-0.25, -0.2) is 13.4 Å². The van der Waals surface area contributed by atoms with E-state index in [9.17, 15) is 18.5 Å². The Morgan fingerprint density at radius 1 is 1.48 bits per heavy atom. The SMILES string of the molecule is CS(=O)(=O)CC1(CNc2ncc(Cl)cc2[N+](=O)[O-])CCOCC1. The lowest BCUT2D eigenvalue weighted by atomic mass is 9.82. The van der Waals surface area contributed by atoms with Crippen LogP contribution in [0.1, 0.15) is 12.8 Å². The molecule has 1 N–H and O–H groups in total. The summed E-state index contributed by atoms with van der Waals surface area (Å²) in [6.45, 7) is 1.19. The molecular weight excluding hydrogens is 346 g/mol. The Bertz CT molecular complexity index is 689. The number of nitro groups is 1. The van der Waals surface area contributed by atoms with Crippen molar-refractivity contribution in [1.29, 1.82) is 0 Å². The van der Waals surface area contributed by atoms with Gasteiger partial charge in [0, 0.05) is 43.7 Å². The van der Waals surface area contributed by atoms with Crippen molar-refractivity contribution in [2.24, 2.45) is 5.41 Å². The summed E-state index contributed by atoms with van der Waals surface area (Å²) in [7, 11) is -3.19. The number of nitrogens with one attached hydrogen (secondary N) is 1. The third-order valence-corrected chi connectivity index (χ3v) is 5.13. The zero-order valence-electron chi connectivity index (χ0n) is 12.6. The number of rotatable bonds is 6. The molecule has 10 heteroatoms. The first-order chi connectivity index (χ1) is 10.7. The minimum absolute atomic E-state index is 0.00223. The highest BCUT2D eigenvalue weighted by atomic mass is 35.5. The van der Waals surface area contributed by atoms with Crippen LogP contribution >= 0.6 is 11.6 Å². The molecule has 2 heterocycles. The van der Waals surface area contributed by atoms with E-state index in [-0.39, 0.29) is 28.8 Å². The van der Waals surface area contributed by atoms with Crippen LogP contribution in [0.25, 0.3) is 0 Å². The van der Waals surface area contributed by atoms with E-state index in [1.807, 2.05) is 0 Å². The van der Waals surface area contributed by atoms with E-state index in [1.54, 1.807) is 0 Å². The summed E-state index contributed by atoms with van der Waals surface area (Å²) in [5.41, 5.74) is -0.764. The molecule has 0 amide bonds. The molecule has 0 spiro atoms. The first-order valence-electron chi connectivity index (χ1n) is 7.00. The average Bonchev–Trinajstić information content (AvgIpc) is 2.45. The van der Waals surface area contributed by atoms with Crippen LogP contribution in [-0.2, 0) is 14.6 Å². The van der Waals surface area contributed by atoms with Crippen molar-refractivity contribution in [2.75, 3.05) is 37.1 Å². The molecule has 1 fully saturated rings. The van der Waals surface area contributed by atoms with Crippen molar-refractivity contribution in [3.05, 3.63) is 27.4 Å². The fourth-order valence-corrected chi connectivity index (χ4v) is 4.36. The molecule has 1 aliphatic heterocycles. The Morgan fingerprint density at radius 3 is 2.70 bits per heavy atom. The number of anilines is 1. The lowest BCUT2D eigenvalue weighted by molar-refractivity contribution is -0.384. The summed E-state index contributed by atoms with van der Waals surface area (Å²) in [6, 6.07) is 1.21. The molecule has 8 nitrogen and oxygen atoms in total. The quantitative estimate of drug-likeness (QED) is 0.606. The molecule has 1 saturated heterocycles. The summed E-state index contributed by atoms with van der Waals surface area (Å²) < 4.78 is 28.8. The molecule has 0 atom stereocenters. The van der Waals surface area contributed by atoms with Crippen LogP contribution in [0.2, 0.25) is 5.02 Å². The molecule has 0 radical (unpaired) electrons. The molecule has 2 rings (SSSR count). The smallest absolute Gasteiger partial charge is 0.312 e. The zero-order valence-corrected chi connectivity index (χ0v) is 14.2. The number of hydrogen-bond donors (Lipinski definition) is 1. The maximum absolute atomic E-state index is 11.7. The highest BCUT2D eigenvalue weighted by Gasteiger charge is 2.36. The second-order valence-electron chi connectivity index (χ2n) is 5.81. The first-order valence-corrected chi connectivity index (χ1v) is 9.44. The van der Waals surface area contributed by atoms with E-state index in [0.717, 1.165) is 0 Å². The van der Waals surface area contributed by atoms with Crippen LogP contribution in [0.4, 0.5) is 11.5 Å². The molecule has 1 aliphatic rings. The Hall–Kier alpha value is -1.45. The summed E-state index contributed by atoms with van der Waals surface area (Å²) in [5, 5.41) is 14.2. The highest BCUT2D eigenvalue weighted by Crippen LogP contribution is 2.34. The maximum atomic E-state index is 11.7. The Kier molecular flexibility index (Phi) is 5.43. The third kappa shape index (κ3) is 5.02. The zero-order chi connectivity index (χ0) is 17.1. The fraction of sp³-hybridized carbons (Fsp3) is 0.615. The van der Waals surface area contributed by atoms with Gasteiger partial charge in [-0.15, -0.1) is 0 Å². The predicted octanol–water partition coefficient (Wildman–Crippen LogP) is 1.90. The Balaban J connectivity index is 2.20. The largest absolute Gasteiger partial charge is 0.381 e. The summed E-state index contributed by atoms with van der Waals surface area (Å²) in [5.74, 6) is 0.0800. The molecule has 23 heavy (non-hydrogen) atoms. The number of pyridine rings is 1. The second kappa shape index (κ2) is 6.98. The topological polar surface area (TPSA) is 111 Å². The Morgan fingerprint density at radius 2 is 2.13 bits per heavy atom. The molecule has 0 aromatic carbocycles. The van der Waals surface area contributed by atoms with Crippen molar-refractivity contribution in [3.63, 3.8) is 0 Å². The molecule has 0 unspecified atom stereocenters. The highest BCUT2D eigenvalue weighted by molar-refractivity contribution is 7.90. The van der Waals surface area contributed by atoms with Gasteiger partial charge in [0.2, 0.25) is 5.82 Å². The number of aromatic nitrogens is 1. The van der Waals surface area contributed by atoms with Crippen LogP contribution in [0.3, 0.4) is 0 Å². The van der Waals surface area contributed by atoms with Crippen molar-refractivity contribution in [1.82, 2.24) is 4.98 Å². The van der Waals surface area contributed by atoms with Gasteiger partial charge in [0.05, 0.1) is 15.7 Å². The standard InChI is InChI=1S/C13H18ClN3O5S/c1-23(20,21)9-13(2-4-22-5-3-13)8-16-12-11(17(18)19)6-10(14)7-15-12/h6-7H,2-5,8-9H2,1H3,(H,15,16). The number of sulfone groups is 1. The normalized spacial score (nSPS) is 17.7. The molecule has 1 aromatic rings. The summed E-state index contributed by atoms with van der Waals surface area (Å²) >= 11 is 5.73. The van der Waals surface area contributed by atoms with Gasteiger partial charge in [0.25, 0.3) is 0 Å². The molecule has 0 saturated carbocycles. The van der Waals surface area contributed by atoms with Gasteiger partial charge < -0.3 is 10.1 Å². The van der Waals surface area contributed by atoms with E-state index >= 15 is 0 Å². The van der Waals surface area contributed by atoms with Crippen LogP contribution < -0.4 is 5.32 Å². The number of hydrogen-bond acceptors (Lipinski definition) is 7. The first kappa shape index (κ1) is 17.9. The van der Waals surface area contributed by atoms with Crippen molar-refractivity contribution in [2.45, 2.75) is 12.8 Å². The van der Waals surface area contributed by atoms with Gasteiger partial charge in [-0.3, -0.25) is 10.1 Å². The average molecular weight is 364 g/mol. The van der Waals surface area contributed by atoms with Crippen LogP contribution in [0.5, 0.6) is 0 Å². The lowest BCUT2D eigenvalue weighted by Crippen LogP contribution is -2.41. The van der Waals surface area contributed by atoms with Gasteiger partial charge in [-0.05, 0) is 12.8 Å². The fourth-order valence-electron chi connectivity index (χ4n) is 2.71. The van der Waals surface area contributed by atoms with Gasteiger partial charge in [0.15, 0.2) is 0 Å². The lowest BCUT2D eigenvalue weighted by Gasteiger charge is -2.36. The van der Waals surface area contributed by atoms with Gasteiger partial charge in [0.1, 0.15) is 9.84 Å². The van der Waals surface area contributed by atoms with Gasteiger partial charge >= 0.3 is 5.69 Å². The molecule has 1 aromatic heterocycles. The van der Waals surface area contributed by atoms with E-state index in [2.05, 4.69) is 10.3 Å². The number of nitrogens with zero attached hydrogens (tertiary/aromatic N) is 2. The van der Waals surface area contributed by atoms with Crippen LogP contribution in [0, 0.1) is 15.5 Å². The molecule has 0 bridgehead atoms. The summed E-state index contributed by atoms with van der Waals surface area (Å²) in [4.78, 5) is 14.5. The van der Waals surface area contributed by atoms with E-state index in [0.29, 0.717) is 26.1 Å². The summed E-state index contributed by atoms with van der Waals surface area (Å²) in [6.07, 6.45) is 3.63. The van der Waals surface area contributed by atoms with Crippen molar-refractivity contribution in [3.8, 4) is 0 Å². The van der Waals surface area contributed by atoms with E-state index in [4.69, 9.17) is 16.3 Å². The minimum Gasteiger partial charge on any atom is -0.381 e. The third-order valence-electron chi connectivity index (χ3n) is 3.78. The van der Waals surface area contributed by atoms with Gasteiger partial charge in [-0.2, -0.15) is 0 Å². The molecule has 128 valence electrons. The molecule has 0 aliphatic carbocycles. The number of halogens is 1. The predicted molar refractivity (Wildman–Crippen MR) is 86.6 cm³/mol. The van der Waals surface area contributed by atoms with Crippen molar-refractivity contribution < 1.29 is 18.1 Å². The maximum Gasteiger partial charge on any atom is 0.312 e. The second-order valence-corrected chi connectivity index (χ2v) is 8.39. The Labute approximate surface area is 139 Å². The van der Waals surface area contributed by atoms with Crippen LogP contribution in [-0.4, -0.2) is 50.1 Å². The van der Waals surface area contributed by atoms with Crippen LogP contribution in [0.15, 0.2) is 12.3 Å². The molecular formula is C13H18ClN3O5S. The monoisotopic (exact) mass is 363 g/mol. The van der Waals surface area contributed by atoms with Gasteiger partial charge in [-0.1, -0.05) is 11.6 Å². The van der Waals surface area contributed by atoms with E-state index in [1.165, 1.54) is 18.5 Å². The number of ether oxygens (including phenoxy) is 1. The van der Waals surface area contributed by atoms with Crippen molar-refractivity contribution >= 4 is 32.9 Å². The minimum atomic E-state index is -3.19. The van der Waals surface area contributed by atoms with E-state index < -0.39 is 20.2 Å².